The SMILES string of the molecule is Cc1ccc(Cc2cc(C(=O)c3nc4ccncc4[nH]3)c3ccccn23)cc1. The van der Waals surface area contributed by atoms with Crippen LogP contribution in [-0.2, 0) is 6.42 Å². The molecule has 5 heteroatoms. The lowest BCUT2D eigenvalue weighted by Crippen LogP contribution is -2.03. The molecule has 28 heavy (non-hydrogen) atoms. The molecule has 0 aliphatic rings. The van der Waals surface area contributed by atoms with Gasteiger partial charge in [-0.05, 0) is 36.8 Å². The van der Waals surface area contributed by atoms with Gasteiger partial charge in [-0.25, -0.2) is 4.98 Å². The second-order valence-electron chi connectivity index (χ2n) is 6.97. The van der Waals surface area contributed by atoms with E-state index < -0.39 is 0 Å². The Bertz CT molecular complexity index is 1280. The van der Waals surface area contributed by atoms with Crippen LogP contribution in [0.2, 0.25) is 0 Å². The number of hydrogen-bond acceptors (Lipinski definition) is 3. The number of nitrogens with one attached hydrogen (secondary N) is 1. The van der Waals surface area contributed by atoms with Crippen LogP contribution >= 0.6 is 0 Å². The lowest BCUT2D eigenvalue weighted by atomic mass is 10.1. The average molecular weight is 366 g/mol. The first-order valence-electron chi connectivity index (χ1n) is 9.18. The summed E-state index contributed by atoms with van der Waals surface area (Å²) in [7, 11) is 0. The Labute approximate surface area is 161 Å². The summed E-state index contributed by atoms with van der Waals surface area (Å²) in [5.74, 6) is 0.219. The summed E-state index contributed by atoms with van der Waals surface area (Å²) < 4.78 is 2.08. The number of H-pyrrole nitrogens is 1. The molecule has 136 valence electrons. The minimum atomic E-state index is -0.116. The number of carbonyl (C=O) groups is 1. The predicted molar refractivity (Wildman–Crippen MR) is 109 cm³/mol. The predicted octanol–water partition coefficient (Wildman–Crippen LogP) is 4.34. The van der Waals surface area contributed by atoms with Crippen molar-refractivity contribution in [3.63, 3.8) is 0 Å². The molecule has 0 saturated carbocycles. The van der Waals surface area contributed by atoms with Gasteiger partial charge in [0, 0.05) is 24.5 Å². The first kappa shape index (κ1) is 16.4. The summed E-state index contributed by atoms with van der Waals surface area (Å²) >= 11 is 0. The molecule has 4 heterocycles. The number of carbonyl (C=O) groups excluding carboxylic acids is 1. The molecule has 5 nitrogen and oxygen atoms in total. The van der Waals surface area contributed by atoms with Crippen LogP contribution in [-0.4, -0.2) is 25.1 Å². The van der Waals surface area contributed by atoms with Gasteiger partial charge in [0.05, 0.1) is 28.3 Å². The molecule has 0 saturated heterocycles. The maximum Gasteiger partial charge on any atom is 0.230 e. The summed E-state index contributed by atoms with van der Waals surface area (Å²) in [6.45, 7) is 2.08. The van der Waals surface area contributed by atoms with Gasteiger partial charge >= 0.3 is 0 Å². The topological polar surface area (TPSA) is 63.0 Å². The second-order valence-corrected chi connectivity index (χ2v) is 6.97. The molecule has 0 radical (unpaired) electrons. The van der Waals surface area contributed by atoms with E-state index in [4.69, 9.17) is 0 Å². The third-order valence-corrected chi connectivity index (χ3v) is 5.01. The summed E-state index contributed by atoms with van der Waals surface area (Å²) in [6, 6.07) is 18.1. The number of aromatic nitrogens is 4. The van der Waals surface area contributed by atoms with Gasteiger partial charge in [-0.3, -0.25) is 9.78 Å². The fourth-order valence-corrected chi connectivity index (χ4v) is 3.55. The molecular formula is C23H18N4O. The van der Waals surface area contributed by atoms with Gasteiger partial charge in [0.2, 0.25) is 5.78 Å². The third kappa shape index (κ3) is 2.77. The number of nitrogens with zero attached hydrogens (tertiary/aromatic N) is 3. The molecule has 0 fully saturated rings. The summed E-state index contributed by atoms with van der Waals surface area (Å²) in [4.78, 5) is 24.8. The van der Waals surface area contributed by atoms with Crippen LogP contribution in [0.4, 0.5) is 0 Å². The molecule has 0 unspecified atom stereocenters. The van der Waals surface area contributed by atoms with Crippen LogP contribution in [0, 0.1) is 6.92 Å². The molecule has 0 bridgehead atoms. The van der Waals surface area contributed by atoms with Gasteiger partial charge in [0.15, 0.2) is 5.82 Å². The highest BCUT2D eigenvalue weighted by atomic mass is 16.1. The average Bonchev–Trinajstić information content (AvgIpc) is 3.31. The summed E-state index contributed by atoms with van der Waals surface area (Å²) in [5.41, 5.74) is 6.54. The van der Waals surface area contributed by atoms with Gasteiger partial charge in [0.25, 0.3) is 0 Å². The lowest BCUT2D eigenvalue weighted by molar-refractivity contribution is 0.103. The van der Waals surface area contributed by atoms with Crippen molar-refractivity contribution in [2.24, 2.45) is 0 Å². The smallest absolute Gasteiger partial charge is 0.230 e. The molecule has 4 aromatic heterocycles. The molecule has 5 rings (SSSR count). The van der Waals surface area contributed by atoms with Crippen molar-refractivity contribution >= 4 is 22.3 Å². The number of hydrogen-bond donors (Lipinski definition) is 1. The zero-order valence-corrected chi connectivity index (χ0v) is 15.4. The molecule has 1 aromatic carbocycles. The third-order valence-electron chi connectivity index (χ3n) is 5.01. The Kier molecular flexibility index (Phi) is 3.79. The van der Waals surface area contributed by atoms with Crippen molar-refractivity contribution in [3.05, 3.63) is 101 Å². The zero-order chi connectivity index (χ0) is 19.1. The van der Waals surface area contributed by atoms with Crippen LogP contribution in [0.5, 0.6) is 0 Å². The summed E-state index contributed by atoms with van der Waals surface area (Å²) in [6.07, 6.45) is 6.10. The number of imidazole rings is 1. The maximum atomic E-state index is 13.2. The van der Waals surface area contributed by atoms with Crippen molar-refractivity contribution in [2.45, 2.75) is 13.3 Å². The molecule has 0 atom stereocenters. The van der Waals surface area contributed by atoms with E-state index in [1.165, 1.54) is 11.1 Å². The Morgan fingerprint density at radius 3 is 2.79 bits per heavy atom. The fourth-order valence-electron chi connectivity index (χ4n) is 3.55. The lowest BCUT2D eigenvalue weighted by Gasteiger charge is -2.03. The van der Waals surface area contributed by atoms with Crippen LogP contribution in [0.3, 0.4) is 0 Å². The molecule has 0 amide bonds. The van der Waals surface area contributed by atoms with E-state index >= 15 is 0 Å². The first-order chi connectivity index (χ1) is 13.7. The molecule has 0 aliphatic heterocycles. The number of aromatic amines is 1. The Hall–Kier alpha value is -3.73. The minimum Gasteiger partial charge on any atom is -0.334 e. The van der Waals surface area contributed by atoms with Crippen LogP contribution in [0.1, 0.15) is 33.0 Å². The van der Waals surface area contributed by atoms with E-state index in [-0.39, 0.29) is 5.78 Å². The Balaban J connectivity index is 1.59. The number of rotatable bonds is 4. The molecular weight excluding hydrogens is 348 g/mol. The normalized spacial score (nSPS) is 11.3. The highest BCUT2D eigenvalue weighted by Crippen LogP contribution is 2.23. The molecule has 0 aliphatic carbocycles. The minimum absolute atomic E-state index is 0.116. The quantitative estimate of drug-likeness (QED) is 0.481. The van der Waals surface area contributed by atoms with E-state index in [9.17, 15) is 4.79 Å². The van der Waals surface area contributed by atoms with Gasteiger partial charge in [-0.2, -0.15) is 0 Å². The number of pyridine rings is 2. The van der Waals surface area contributed by atoms with E-state index in [1.807, 2.05) is 30.5 Å². The van der Waals surface area contributed by atoms with Crippen molar-refractivity contribution in [2.75, 3.05) is 0 Å². The van der Waals surface area contributed by atoms with E-state index in [0.29, 0.717) is 11.4 Å². The van der Waals surface area contributed by atoms with Gasteiger partial charge in [0.1, 0.15) is 0 Å². The Morgan fingerprint density at radius 2 is 1.96 bits per heavy atom. The second kappa shape index (κ2) is 6.46. The monoisotopic (exact) mass is 366 g/mol. The number of ketones is 1. The zero-order valence-electron chi connectivity index (χ0n) is 15.4. The highest BCUT2D eigenvalue weighted by molar-refractivity contribution is 6.12. The van der Waals surface area contributed by atoms with Gasteiger partial charge < -0.3 is 9.38 Å². The molecule has 1 N–H and O–H groups in total. The van der Waals surface area contributed by atoms with Crippen LogP contribution in [0.15, 0.2) is 73.2 Å². The van der Waals surface area contributed by atoms with Gasteiger partial charge in [-0.15, -0.1) is 0 Å². The Morgan fingerprint density at radius 1 is 1.11 bits per heavy atom. The molecule has 5 aromatic rings. The van der Waals surface area contributed by atoms with Crippen molar-refractivity contribution < 1.29 is 4.79 Å². The van der Waals surface area contributed by atoms with Crippen LogP contribution < -0.4 is 0 Å². The largest absolute Gasteiger partial charge is 0.334 e. The van der Waals surface area contributed by atoms with Gasteiger partial charge in [-0.1, -0.05) is 35.9 Å². The van der Waals surface area contributed by atoms with Crippen molar-refractivity contribution in [1.29, 1.82) is 0 Å². The van der Waals surface area contributed by atoms with E-state index in [2.05, 4.69) is 50.5 Å². The standard InChI is InChI=1S/C23H18N4O/c1-15-5-7-16(8-6-15)12-17-13-18(21-4-2-3-11-27(17)21)22(28)23-25-19-9-10-24-14-20(19)26-23/h2-11,13-14H,12H2,1H3,(H,25,26). The maximum absolute atomic E-state index is 13.2. The van der Waals surface area contributed by atoms with E-state index in [1.54, 1.807) is 18.5 Å². The molecule has 0 spiro atoms. The van der Waals surface area contributed by atoms with Crippen molar-refractivity contribution in [1.82, 2.24) is 19.4 Å². The highest BCUT2D eigenvalue weighted by Gasteiger charge is 2.20. The van der Waals surface area contributed by atoms with Crippen molar-refractivity contribution in [3.8, 4) is 0 Å². The van der Waals surface area contributed by atoms with E-state index in [0.717, 1.165) is 28.7 Å². The first-order valence-corrected chi connectivity index (χ1v) is 9.18. The number of aryl methyl sites for hydroxylation is 1. The van der Waals surface area contributed by atoms with Crippen LogP contribution in [0.25, 0.3) is 16.6 Å². The fraction of sp³-hybridized carbons (Fsp3) is 0.0870. The number of fused-ring (bicyclic) bond motifs is 2. The summed E-state index contributed by atoms with van der Waals surface area (Å²) in [5, 5.41) is 0. The number of benzene rings is 1.